The zero-order valence-corrected chi connectivity index (χ0v) is 14.3. The fourth-order valence-electron chi connectivity index (χ4n) is 5.92. The molecule has 0 radical (unpaired) electrons. The highest BCUT2D eigenvalue weighted by Gasteiger charge is 2.73. The normalized spacial score (nSPS) is 41.8. The molecular weight excluding hydrogens is 306 g/mol. The van der Waals surface area contributed by atoms with Crippen molar-refractivity contribution in [3.63, 3.8) is 0 Å². The zero-order chi connectivity index (χ0) is 16.7. The first kappa shape index (κ1) is 14.8. The fraction of sp³-hybridized carbons (Fsp3) is 0.579. The van der Waals surface area contributed by atoms with Crippen LogP contribution in [0.25, 0.3) is 0 Å². The molecule has 5 nitrogen and oxygen atoms in total. The molecule has 2 unspecified atom stereocenters. The van der Waals surface area contributed by atoms with Gasteiger partial charge in [0, 0.05) is 19.1 Å². The van der Waals surface area contributed by atoms with Crippen LogP contribution in [0.15, 0.2) is 24.3 Å². The first-order chi connectivity index (χ1) is 11.6. The van der Waals surface area contributed by atoms with E-state index in [0.717, 1.165) is 30.9 Å². The molecule has 0 bridgehead atoms. The van der Waals surface area contributed by atoms with Crippen molar-refractivity contribution in [2.75, 3.05) is 27.8 Å². The maximum Gasteiger partial charge on any atom is 0.166 e. The van der Waals surface area contributed by atoms with Gasteiger partial charge < -0.3 is 19.3 Å². The van der Waals surface area contributed by atoms with Crippen molar-refractivity contribution in [2.45, 2.75) is 42.1 Å². The number of rotatable bonds is 2. The smallest absolute Gasteiger partial charge is 0.166 e. The number of nitrogens with zero attached hydrogens (tertiary/aromatic N) is 1. The van der Waals surface area contributed by atoms with Crippen molar-refractivity contribution in [3.8, 4) is 11.5 Å². The third kappa shape index (κ3) is 1.32. The van der Waals surface area contributed by atoms with Gasteiger partial charge in [-0.2, -0.15) is 0 Å². The lowest BCUT2D eigenvalue weighted by atomic mass is 9.53. The van der Waals surface area contributed by atoms with Gasteiger partial charge in [-0.3, -0.25) is 4.90 Å². The van der Waals surface area contributed by atoms with Crippen LogP contribution in [0.5, 0.6) is 11.5 Å². The quantitative estimate of drug-likeness (QED) is 0.828. The summed E-state index contributed by atoms with van der Waals surface area (Å²) >= 11 is 0. The van der Waals surface area contributed by atoms with Gasteiger partial charge in [0.15, 0.2) is 11.5 Å². The molecule has 0 saturated carbocycles. The highest BCUT2D eigenvalue weighted by atomic mass is 16.5. The summed E-state index contributed by atoms with van der Waals surface area (Å²) in [4.78, 5) is 2.39. The number of methoxy groups -OCH3 is 2. The van der Waals surface area contributed by atoms with Crippen molar-refractivity contribution in [1.29, 1.82) is 0 Å². The minimum Gasteiger partial charge on any atom is -0.493 e. The SMILES string of the molecule is COc1ccc2c3c1O[C@@H]1[C@H](O)C=CC4([C@H](OC)C2)N(C)CCC314. The molecule has 5 rings (SSSR count). The Labute approximate surface area is 141 Å². The van der Waals surface area contributed by atoms with E-state index in [-0.39, 0.29) is 23.2 Å². The third-order valence-electron chi connectivity index (χ3n) is 6.83. The first-order valence-corrected chi connectivity index (χ1v) is 8.58. The summed E-state index contributed by atoms with van der Waals surface area (Å²) in [5, 5.41) is 10.7. The molecule has 1 spiro atoms. The Morgan fingerprint density at radius 2 is 2.17 bits per heavy atom. The number of likely N-dealkylation sites (N-methyl/N-ethyl adjacent to an activating group) is 1. The zero-order valence-electron chi connectivity index (χ0n) is 14.3. The Bertz CT molecular complexity index is 747. The molecule has 1 aromatic carbocycles. The lowest BCUT2D eigenvalue weighted by Crippen LogP contribution is -2.70. The molecule has 24 heavy (non-hydrogen) atoms. The van der Waals surface area contributed by atoms with Crippen LogP contribution in [-0.4, -0.2) is 61.7 Å². The van der Waals surface area contributed by atoms with E-state index >= 15 is 0 Å². The molecule has 1 aromatic rings. The Morgan fingerprint density at radius 3 is 2.92 bits per heavy atom. The molecule has 1 N–H and O–H groups in total. The number of aliphatic hydroxyl groups is 1. The molecule has 2 aliphatic heterocycles. The predicted octanol–water partition coefficient (Wildman–Crippen LogP) is 1.27. The van der Waals surface area contributed by atoms with Gasteiger partial charge >= 0.3 is 0 Å². The van der Waals surface area contributed by atoms with Gasteiger partial charge in [-0.25, -0.2) is 0 Å². The molecule has 0 aromatic heterocycles. The Morgan fingerprint density at radius 1 is 1.33 bits per heavy atom. The molecular formula is C19H23NO4. The van der Waals surface area contributed by atoms with Gasteiger partial charge in [0.1, 0.15) is 12.2 Å². The second-order valence-electron chi connectivity index (χ2n) is 7.42. The minimum absolute atomic E-state index is 0.0340. The van der Waals surface area contributed by atoms with E-state index in [1.807, 2.05) is 12.1 Å². The van der Waals surface area contributed by atoms with E-state index in [1.165, 1.54) is 11.1 Å². The fourth-order valence-corrected chi connectivity index (χ4v) is 5.92. The highest BCUT2D eigenvalue weighted by molar-refractivity contribution is 5.65. The van der Waals surface area contributed by atoms with Crippen molar-refractivity contribution >= 4 is 0 Å². The first-order valence-electron chi connectivity index (χ1n) is 8.58. The van der Waals surface area contributed by atoms with Crippen LogP contribution >= 0.6 is 0 Å². The molecule has 2 aliphatic carbocycles. The monoisotopic (exact) mass is 329 g/mol. The van der Waals surface area contributed by atoms with Crippen molar-refractivity contribution in [1.82, 2.24) is 4.90 Å². The summed E-state index contributed by atoms with van der Waals surface area (Å²) in [6.45, 7) is 0.951. The van der Waals surface area contributed by atoms with Gasteiger partial charge in [-0.1, -0.05) is 18.2 Å². The van der Waals surface area contributed by atoms with Crippen LogP contribution in [0.4, 0.5) is 0 Å². The number of aliphatic hydroxyl groups excluding tert-OH is 1. The van der Waals surface area contributed by atoms with Crippen LogP contribution in [0.1, 0.15) is 17.5 Å². The Kier molecular flexibility index (Phi) is 2.79. The summed E-state index contributed by atoms with van der Waals surface area (Å²) in [5.41, 5.74) is 1.92. The average molecular weight is 329 g/mol. The van der Waals surface area contributed by atoms with Crippen LogP contribution in [0, 0.1) is 0 Å². The van der Waals surface area contributed by atoms with E-state index < -0.39 is 6.10 Å². The molecule has 0 amide bonds. The molecule has 5 heteroatoms. The summed E-state index contributed by atoms with van der Waals surface area (Å²) in [6.07, 6.45) is 4.97. The number of ether oxygens (including phenoxy) is 3. The summed E-state index contributed by atoms with van der Waals surface area (Å²) in [7, 11) is 5.62. The lowest BCUT2D eigenvalue weighted by molar-refractivity contribution is -0.0819. The predicted molar refractivity (Wildman–Crippen MR) is 88.7 cm³/mol. The van der Waals surface area contributed by atoms with Gasteiger partial charge in [-0.15, -0.1) is 0 Å². The van der Waals surface area contributed by atoms with Crippen LogP contribution in [-0.2, 0) is 16.6 Å². The maximum atomic E-state index is 10.7. The van der Waals surface area contributed by atoms with E-state index in [0.29, 0.717) is 0 Å². The van der Waals surface area contributed by atoms with Gasteiger partial charge in [0.25, 0.3) is 0 Å². The summed E-state index contributed by atoms with van der Waals surface area (Å²) in [6, 6.07) is 4.11. The number of hydrogen-bond acceptors (Lipinski definition) is 5. The molecule has 4 aliphatic rings. The molecule has 1 saturated heterocycles. The van der Waals surface area contributed by atoms with Crippen molar-refractivity contribution in [2.24, 2.45) is 0 Å². The van der Waals surface area contributed by atoms with Crippen LogP contribution < -0.4 is 9.47 Å². The van der Waals surface area contributed by atoms with Gasteiger partial charge in [0.05, 0.1) is 24.2 Å². The van der Waals surface area contributed by atoms with Gasteiger partial charge in [0.2, 0.25) is 0 Å². The van der Waals surface area contributed by atoms with Crippen LogP contribution in [0.2, 0.25) is 0 Å². The van der Waals surface area contributed by atoms with E-state index in [2.05, 4.69) is 24.1 Å². The second-order valence-corrected chi connectivity index (χ2v) is 7.42. The van der Waals surface area contributed by atoms with E-state index in [1.54, 1.807) is 14.2 Å². The van der Waals surface area contributed by atoms with Crippen molar-refractivity contribution < 1.29 is 19.3 Å². The Hall–Kier alpha value is -1.56. The second kappa shape index (κ2) is 4.54. The minimum atomic E-state index is -0.620. The van der Waals surface area contributed by atoms with E-state index in [9.17, 15) is 5.11 Å². The average Bonchev–Trinajstić information content (AvgIpc) is 3.11. The third-order valence-corrected chi connectivity index (χ3v) is 6.83. The highest BCUT2D eigenvalue weighted by Crippen LogP contribution is 2.66. The molecule has 128 valence electrons. The summed E-state index contributed by atoms with van der Waals surface area (Å²) < 4.78 is 17.9. The topological polar surface area (TPSA) is 51.2 Å². The maximum absolute atomic E-state index is 10.7. The lowest BCUT2D eigenvalue weighted by Gasteiger charge is -2.56. The molecule has 5 atom stereocenters. The largest absolute Gasteiger partial charge is 0.493 e. The Balaban J connectivity index is 1.88. The standard InChI is InChI=1S/C19H23NO4/c1-20-9-8-18-15-11-4-5-13(22-2)16(15)24-17(18)12(21)6-7-19(18,20)14(10-11)23-3/h4-7,12,14,17,21H,8-10H2,1-3H3/t12-,14-,17-,18?,19?/m1/s1. The van der Waals surface area contributed by atoms with E-state index in [4.69, 9.17) is 14.2 Å². The van der Waals surface area contributed by atoms with Crippen molar-refractivity contribution in [3.05, 3.63) is 35.4 Å². The number of likely N-dealkylation sites (tertiary alicyclic amines) is 1. The molecule has 1 fully saturated rings. The summed E-state index contributed by atoms with van der Waals surface area (Å²) in [5.74, 6) is 1.57. The van der Waals surface area contributed by atoms with Crippen LogP contribution in [0.3, 0.4) is 0 Å². The molecule has 2 heterocycles. The number of hydrogen-bond donors (Lipinski definition) is 1. The number of benzene rings is 1. The van der Waals surface area contributed by atoms with Gasteiger partial charge in [-0.05, 0) is 31.6 Å².